The lowest BCUT2D eigenvalue weighted by Crippen LogP contribution is -2.12. The van der Waals surface area contributed by atoms with Crippen LogP contribution in [-0.4, -0.2) is 21.4 Å². The molecule has 0 radical (unpaired) electrons. The number of fused-ring (bicyclic) bond motifs is 1. The van der Waals surface area contributed by atoms with Gasteiger partial charge in [-0.25, -0.2) is 4.39 Å². The molecule has 0 aliphatic rings. The van der Waals surface area contributed by atoms with Gasteiger partial charge in [0.05, 0.1) is 24.9 Å². The molecule has 2 N–H and O–H groups in total. The molecule has 0 saturated carbocycles. The smallest absolute Gasteiger partial charge is 0.123 e. The maximum atomic E-state index is 13.2. The van der Waals surface area contributed by atoms with E-state index in [1.165, 1.54) is 12.1 Å². The normalized spacial score (nSPS) is 12.7. The van der Waals surface area contributed by atoms with Crippen molar-refractivity contribution in [2.45, 2.75) is 19.6 Å². The zero-order valence-electron chi connectivity index (χ0n) is 12.3. The van der Waals surface area contributed by atoms with Crippen molar-refractivity contribution < 1.29 is 14.6 Å². The Hall–Kier alpha value is -2.17. The van der Waals surface area contributed by atoms with E-state index >= 15 is 0 Å². The molecule has 22 heavy (non-hydrogen) atoms. The van der Waals surface area contributed by atoms with Gasteiger partial charge in [-0.2, -0.15) is 0 Å². The standard InChI is InChI=1S/C18H18FNO2/c1-12(10-21)20-16-5-3-2-4-15(16)18(17(20)11-22)13-6-8-14(19)9-7-13/h2-9,12,21-22H,10-11H2,1H3. The van der Waals surface area contributed by atoms with Crippen LogP contribution in [0.2, 0.25) is 0 Å². The highest BCUT2D eigenvalue weighted by Gasteiger charge is 2.20. The number of rotatable bonds is 4. The quantitative estimate of drug-likeness (QED) is 0.774. The van der Waals surface area contributed by atoms with Crippen molar-refractivity contribution in [3.05, 3.63) is 60.0 Å². The molecule has 1 atom stereocenters. The van der Waals surface area contributed by atoms with Crippen molar-refractivity contribution in [1.82, 2.24) is 4.57 Å². The first kappa shape index (κ1) is 14.8. The molecule has 0 saturated heterocycles. The van der Waals surface area contributed by atoms with E-state index in [2.05, 4.69) is 0 Å². The molecule has 1 heterocycles. The van der Waals surface area contributed by atoms with Gasteiger partial charge in [-0.15, -0.1) is 0 Å². The van der Waals surface area contributed by atoms with Crippen molar-refractivity contribution >= 4 is 10.9 Å². The minimum absolute atomic E-state index is 0.0193. The van der Waals surface area contributed by atoms with Gasteiger partial charge in [-0.05, 0) is 30.7 Å². The maximum Gasteiger partial charge on any atom is 0.123 e. The fourth-order valence-corrected chi connectivity index (χ4v) is 3.00. The predicted octanol–water partition coefficient (Wildman–Crippen LogP) is 3.49. The summed E-state index contributed by atoms with van der Waals surface area (Å²) in [6, 6.07) is 13.9. The van der Waals surface area contributed by atoms with Crippen LogP contribution in [0.25, 0.3) is 22.0 Å². The summed E-state index contributed by atoms with van der Waals surface area (Å²) in [5.41, 5.74) is 3.42. The van der Waals surface area contributed by atoms with E-state index in [0.717, 1.165) is 27.7 Å². The largest absolute Gasteiger partial charge is 0.394 e. The molecule has 0 aliphatic carbocycles. The minimum atomic E-state index is -0.290. The van der Waals surface area contributed by atoms with Crippen molar-refractivity contribution in [3.63, 3.8) is 0 Å². The Morgan fingerprint density at radius 3 is 2.36 bits per heavy atom. The van der Waals surface area contributed by atoms with Crippen LogP contribution in [-0.2, 0) is 6.61 Å². The first-order valence-electron chi connectivity index (χ1n) is 7.26. The fraction of sp³-hybridized carbons (Fsp3) is 0.222. The number of aromatic nitrogens is 1. The number of aliphatic hydroxyl groups is 2. The number of hydrogen-bond acceptors (Lipinski definition) is 2. The Labute approximate surface area is 128 Å². The average Bonchev–Trinajstić information content (AvgIpc) is 2.89. The highest BCUT2D eigenvalue weighted by atomic mass is 19.1. The summed E-state index contributed by atoms with van der Waals surface area (Å²) >= 11 is 0. The molecule has 114 valence electrons. The predicted molar refractivity (Wildman–Crippen MR) is 85.1 cm³/mol. The molecule has 3 nitrogen and oxygen atoms in total. The lowest BCUT2D eigenvalue weighted by molar-refractivity contribution is 0.226. The number of hydrogen-bond donors (Lipinski definition) is 2. The Morgan fingerprint density at radius 1 is 1.05 bits per heavy atom. The van der Waals surface area contributed by atoms with Gasteiger partial charge >= 0.3 is 0 Å². The van der Waals surface area contributed by atoms with Crippen molar-refractivity contribution in [2.75, 3.05) is 6.61 Å². The van der Waals surface area contributed by atoms with Crippen LogP contribution in [0.15, 0.2) is 48.5 Å². The van der Waals surface area contributed by atoms with Crippen molar-refractivity contribution in [2.24, 2.45) is 0 Å². The van der Waals surface area contributed by atoms with Gasteiger partial charge in [0.2, 0.25) is 0 Å². The average molecular weight is 299 g/mol. The second-order valence-corrected chi connectivity index (χ2v) is 5.41. The number of halogens is 1. The molecule has 3 aromatic rings. The van der Waals surface area contributed by atoms with E-state index in [1.54, 1.807) is 12.1 Å². The zero-order chi connectivity index (χ0) is 15.7. The van der Waals surface area contributed by atoms with E-state index < -0.39 is 0 Å². The van der Waals surface area contributed by atoms with Gasteiger partial charge in [-0.1, -0.05) is 30.3 Å². The number of benzene rings is 2. The summed E-state index contributed by atoms with van der Waals surface area (Å²) in [4.78, 5) is 0. The fourth-order valence-electron chi connectivity index (χ4n) is 3.00. The Morgan fingerprint density at radius 2 is 1.73 bits per heavy atom. The first-order chi connectivity index (χ1) is 10.7. The molecule has 2 aromatic carbocycles. The molecule has 0 spiro atoms. The molecule has 3 rings (SSSR count). The SMILES string of the molecule is CC(CO)n1c(CO)c(-c2ccc(F)cc2)c2ccccc21. The Kier molecular flexibility index (Phi) is 3.96. The number of para-hydroxylation sites is 1. The highest BCUT2D eigenvalue weighted by Crippen LogP contribution is 2.37. The monoisotopic (exact) mass is 299 g/mol. The number of aliphatic hydroxyl groups excluding tert-OH is 2. The zero-order valence-corrected chi connectivity index (χ0v) is 12.3. The van der Waals surface area contributed by atoms with E-state index in [0.29, 0.717) is 0 Å². The summed E-state index contributed by atoms with van der Waals surface area (Å²) in [7, 11) is 0. The molecule has 4 heteroatoms. The summed E-state index contributed by atoms with van der Waals surface area (Å²) in [6.07, 6.45) is 0. The maximum absolute atomic E-state index is 13.2. The molecule has 0 amide bonds. The third-order valence-electron chi connectivity index (χ3n) is 4.00. The number of nitrogens with zero attached hydrogens (tertiary/aromatic N) is 1. The van der Waals surface area contributed by atoms with Crippen LogP contribution in [0.5, 0.6) is 0 Å². The van der Waals surface area contributed by atoms with Crippen LogP contribution in [0.4, 0.5) is 4.39 Å². The third kappa shape index (κ3) is 2.30. The molecule has 1 unspecified atom stereocenters. The minimum Gasteiger partial charge on any atom is -0.394 e. The molecular formula is C18H18FNO2. The molecule has 1 aromatic heterocycles. The van der Waals surface area contributed by atoms with Crippen LogP contribution in [0, 0.1) is 5.82 Å². The second kappa shape index (κ2) is 5.91. The van der Waals surface area contributed by atoms with Crippen LogP contribution < -0.4 is 0 Å². The Bertz CT molecular complexity index is 793. The van der Waals surface area contributed by atoms with Crippen LogP contribution in [0.3, 0.4) is 0 Å². The lowest BCUT2D eigenvalue weighted by Gasteiger charge is -2.16. The topological polar surface area (TPSA) is 45.4 Å². The lowest BCUT2D eigenvalue weighted by atomic mass is 10.0. The first-order valence-corrected chi connectivity index (χ1v) is 7.26. The van der Waals surface area contributed by atoms with Gasteiger partial charge in [0, 0.05) is 16.5 Å². The van der Waals surface area contributed by atoms with Gasteiger partial charge in [-0.3, -0.25) is 0 Å². The summed E-state index contributed by atoms with van der Waals surface area (Å²) < 4.78 is 15.2. The van der Waals surface area contributed by atoms with Gasteiger partial charge in [0.25, 0.3) is 0 Å². The van der Waals surface area contributed by atoms with Crippen LogP contribution in [0.1, 0.15) is 18.7 Å². The summed E-state index contributed by atoms with van der Waals surface area (Å²) in [6.45, 7) is 1.74. The highest BCUT2D eigenvalue weighted by molar-refractivity contribution is 5.98. The summed E-state index contributed by atoms with van der Waals surface area (Å²) in [5, 5.41) is 20.4. The van der Waals surface area contributed by atoms with E-state index in [-0.39, 0.29) is 25.1 Å². The molecule has 0 fully saturated rings. The van der Waals surface area contributed by atoms with Crippen molar-refractivity contribution in [1.29, 1.82) is 0 Å². The van der Waals surface area contributed by atoms with Gasteiger partial charge < -0.3 is 14.8 Å². The van der Waals surface area contributed by atoms with Crippen molar-refractivity contribution in [3.8, 4) is 11.1 Å². The van der Waals surface area contributed by atoms with Gasteiger partial charge in [0.15, 0.2) is 0 Å². The van der Waals surface area contributed by atoms with E-state index in [4.69, 9.17) is 0 Å². The molecule has 0 bridgehead atoms. The van der Waals surface area contributed by atoms with E-state index in [1.807, 2.05) is 35.8 Å². The van der Waals surface area contributed by atoms with Gasteiger partial charge in [0.1, 0.15) is 5.82 Å². The molecular weight excluding hydrogens is 281 g/mol. The molecule has 0 aliphatic heterocycles. The summed E-state index contributed by atoms with van der Waals surface area (Å²) in [5.74, 6) is -0.290. The van der Waals surface area contributed by atoms with Crippen LogP contribution >= 0.6 is 0 Å². The Balaban J connectivity index is 2.36. The second-order valence-electron chi connectivity index (χ2n) is 5.41. The third-order valence-corrected chi connectivity index (χ3v) is 4.00. The van der Waals surface area contributed by atoms with E-state index in [9.17, 15) is 14.6 Å².